The predicted molar refractivity (Wildman–Crippen MR) is 101 cm³/mol. The Labute approximate surface area is 151 Å². The van der Waals surface area contributed by atoms with Gasteiger partial charge < -0.3 is 15.1 Å². The summed E-state index contributed by atoms with van der Waals surface area (Å²) in [5, 5.41) is 7.08. The lowest BCUT2D eigenvalue weighted by Crippen LogP contribution is -2.38. The van der Waals surface area contributed by atoms with Crippen molar-refractivity contribution < 1.29 is 9.21 Å². The summed E-state index contributed by atoms with van der Waals surface area (Å²) in [7, 11) is 0. The van der Waals surface area contributed by atoms with Crippen molar-refractivity contribution in [1.82, 2.24) is 15.6 Å². The first-order valence-corrected chi connectivity index (χ1v) is 9.19. The summed E-state index contributed by atoms with van der Waals surface area (Å²) in [5.74, 6) is 1.71. The van der Waals surface area contributed by atoms with Gasteiger partial charge in [-0.3, -0.25) is 4.79 Å². The number of carbonyl (C=O) groups excluding carboxylic acids is 1. The molecule has 2 heterocycles. The van der Waals surface area contributed by atoms with Gasteiger partial charge in [-0.1, -0.05) is 32.9 Å². The quantitative estimate of drug-likeness (QED) is 0.658. The van der Waals surface area contributed by atoms with Crippen LogP contribution in [-0.2, 0) is 11.3 Å². The molecule has 0 spiro atoms. The normalized spacial score (nSPS) is 11.8. The van der Waals surface area contributed by atoms with Crippen molar-refractivity contribution in [3.8, 4) is 10.8 Å². The van der Waals surface area contributed by atoms with E-state index in [0.717, 1.165) is 26.7 Å². The first-order chi connectivity index (χ1) is 11.9. The van der Waals surface area contributed by atoms with Gasteiger partial charge in [0.2, 0.25) is 5.91 Å². The minimum absolute atomic E-state index is 0.0606. The molecule has 25 heavy (non-hydrogen) atoms. The molecule has 1 aromatic carbocycles. The number of carbonyl (C=O) groups is 1. The molecular formula is C19H23N3O2S. The lowest BCUT2D eigenvalue weighted by Gasteiger charge is -2.17. The zero-order valence-corrected chi connectivity index (χ0v) is 15.6. The molecular weight excluding hydrogens is 334 g/mol. The highest BCUT2D eigenvalue weighted by molar-refractivity contribution is 7.21. The Bertz CT molecular complexity index is 828. The lowest BCUT2D eigenvalue weighted by molar-refractivity contribution is -0.128. The van der Waals surface area contributed by atoms with Crippen molar-refractivity contribution in [2.75, 3.05) is 13.1 Å². The molecule has 0 saturated carbocycles. The van der Waals surface area contributed by atoms with Crippen LogP contribution in [-0.4, -0.2) is 24.0 Å². The van der Waals surface area contributed by atoms with Crippen LogP contribution < -0.4 is 10.6 Å². The van der Waals surface area contributed by atoms with E-state index in [1.807, 2.05) is 51.1 Å². The van der Waals surface area contributed by atoms with Crippen LogP contribution >= 0.6 is 11.3 Å². The average Bonchev–Trinajstić information content (AvgIpc) is 3.19. The Morgan fingerprint density at radius 1 is 1.16 bits per heavy atom. The molecule has 0 aliphatic rings. The van der Waals surface area contributed by atoms with Gasteiger partial charge in [0.05, 0.1) is 16.8 Å². The molecule has 2 N–H and O–H groups in total. The highest BCUT2D eigenvalue weighted by Crippen LogP contribution is 2.31. The molecule has 0 atom stereocenters. The molecule has 0 aliphatic heterocycles. The van der Waals surface area contributed by atoms with Crippen LogP contribution in [0.4, 0.5) is 0 Å². The van der Waals surface area contributed by atoms with Gasteiger partial charge in [0.25, 0.3) is 0 Å². The van der Waals surface area contributed by atoms with E-state index in [4.69, 9.17) is 4.42 Å². The summed E-state index contributed by atoms with van der Waals surface area (Å²) >= 11 is 1.63. The molecule has 0 bridgehead atoms. The molecule has 5 nitrogen and oxygen atoms in total. The van der Waals surface area contributed by atoms with Crippen LogP contribution in [0.1, 0.15) is 26.5 Å². The standard InChI is InChI=1S/C19H23N3O2S/c1-19(2,3)18(23)21-11-10-20-12-13-8-9-15(24-13)17-22-14-6-4-5-7-16(14)25-17/h4-9,20H,10-12H2,1-3H3,(H,21,23). The smallest absolute Gasteiger partial charge is 0.225 e. The third kappa shape index (κ3) is 4.46. The van der Waals surface area contributed by atoms with E-state index < -0.39 is 0 Å². The second-order valence-electron chi connectivity index (χ2n) is 6.94. The number of hydrogen-bond acceptors (Lipinski definition) is 5. The molecule has 0 saturated heterocycles. The highest BCUT2D eigenvalue weighted by Gasteiger charge is 2.20. The third-order valence-electron chi connectivity index (χ3n) is 3.73. The number of benzene rings is 1. The van der Waals surface area contributed by atoms with E-state index in [-0.39, 0.29) is 11.3 Å². The van der Waals surface area contributed by atoms with Crippen molar-refractivity contribution in [2.24, 2.45) is 5.41 Å². The fourth-order valence-corrected chi connectivity index (χ4v) is 3.23. The van der Waals surface area contributed by atoms with Crippen LogP contribution in [0.25, 0.3) is 21.0 Å². The Morgan fingerprint density at radius 3 is 2.72 bits per heavy atom. The second kappa shape index (κ2) is 7.37. The largest absolute Gasteiger partial charge is 0.457 e. The lowest BCUT2D eigenvalue weighted by atomic mass is 9.96. The van der Waals surface area contributed by atoms with E-state index >= 15 is 0 Å². The molecule has 0 unspecified atom stereocenters. The molecule has 3 aromatic rings. The number of furan rings is 1. The van der Waals surface area contributed by atoms with Crippen molar-refractivity contribution in [2.45, 2.75) is 27.3 Å². The molecule has 2 aromatic heterocycles. The number of thiazole rings is 1. The topological polar surface area (TPSA) is 67.2 Å². The predicted octanol–water partition coefficient (Wildman–Crippen LogP) is 3.81. The number of fused-ring (bicyclic) bond motifs is 1. The first kappa shape index (κ1) is 17.6. The number of para-hydroxylation sites is 1. The number of amides is 1. The van der Waals surface area contributed by atoms with Crippen LogP contribution in [0.2, 0.25) is 0 Å². The number of rotatable bonds is 6. The fraction of sp³-hybridized carbons (Fsp3) is 0.368. The van der Waals surface area contributed by atoms with Crippen LogP contribution in [0.3, 0.4) is 0 Å². The van der Waals surface area contributed by atoms with Crippen molar-refractivity contribution in [3.63, 3.8) is 0 Å². The van der Waals surface area contributed by atoms with Gasteiger partial charge in [0.15, 0.2) is 10.8 Å². The first-order valence-electron chi connectivity index (χ1n) is 8.37. The van der Waals surface area contributed by atoms with E-state index in [2.05, 4.69) is 21.7 Å². The van der Waals surface area contributed by atoms with Crippen LogP contribution in [0, 0.1) is 5.41 Å². The zero-order chi connectivity index (χ0) is 17.9. The van der Waals surface area contributed by atoms with Gasteiger partial charge in [-0.25, -0.2) is 4.98 Å². The summed E-state index contributed by atoms with van der Waals surface area (Å²) < 4.78 is 7.03. The Hall–Kier alpha value is -2.18. The molecule has 6 heteroatoms. The summed E-state index contributed by atoms with van der Waals surface area (Å²) in [6.07, 6.45) is 0. The number of aromatic nitrogens is 1. The minimum Gasteiger partial charge on any atom is -0.457 e. The minimum atomic E-state index is -0.354. The Kier molecular flexibility index (Phi) is 5.20. The maximum atomic E-state index is 11.8. The molecule has 3 rings (SSSR count). The number of nitrogens with zero attached hydrogens (tertiary/aromatic N) is 1. The van der Waals surface area contributed by atoms with Gasteiger partial charge in [-0.05, 0) is 24.3 Å². The van der Waals surface area contributed by atoms with Gasteiger partial charge in [0, 0.05) is 18.5 Å². The molecule has 0 fully saturated rings. The SMILES string of the molecule is CC(C)(C)C(=O)NCCNCc1ccc(-c2nc3ccccc3s2)o1. The zero-order valence-electron chi connectivity index (χ0n) is 14.8. The van der Waals surface area contributed by atoms with Crippen molar-refractivity contribution in [3.05, 3.63) is 42.2 Å². The van der Waals surface area contributed by atoms with Gasteiger partial charge >= 0.3 is 0 Å². The summed E-state index contributed by atoms with van der Waals surface area (Å²) in [6, 6.07) is 12.0. The third-order valence-corrected chi connectivity index (χ3v) is 4.79. The van der Waals surface area contributed by atoms with E-state index in [1.165, 1.54) is 0 Å². The monoisotopic (exact) mass is 357 g/mol. The van der Waals surface area contributed by atoms with Crippen LogP contribution in [0.5, 0.6) is 0 Å². The molecule has 0 radical (unpaired) electrons. The maximum Gasteiger partial charge on any atom is 0.225 e. The van der Waals surface area contributed by atoms with Gasteiger partial charge in [0.1, 0.15) is 5.76 Å². The average molecular weight is 357 g/mol. The summed E-state index contributed by atoms with van der Waals surface area (Å²) in [6.45, 7) is 7.63. The fourth-order valence-electron chi connectivity index (χ4n) is 2.31. The van der Waals surface area contributed by atoms with E-state index in [1.54, 1.807) is 11.3 Å². The van der Waals surface area contributed by atoms with Gasteiger partial charge in [-0.2, -0.15) is 0 Å². The highest BCUT2D eigenvalue weighted by atomic mass is 32.1. The van der Waals surface area contributed by atoms with Crippen molar-refractivity contribution in [1.29, 1.82) is 0 Å². The second-order valence-corrected chi connectivity index (χ2v) is 7.97. The molecule has 0 aliphatic carbocycles. The number of hydrogen-bond donors (Lipinski definition) is 2. The summed E-state index contributed by atoms with van der Waals surface area (Å²) in [5.41, 5.74) is 0.640. The maximum absolute atomic E-state index is 11.8. The van der Waals surface area contributed by atoms with Crippen molar-refractivity contribution >= 4 is 27.5 Å². The van der Waals surface area contributed by atoms with E-state index in [0.29, 0.717) is 19.6 Å². The van der Waals surface area contributed by atoms with Gasteiger partial charge in [-0.15, -0.1) is 11.3 Å². The molecule has 1 amide bonds. The Balaban J connectivity index is 1.50. The Morgan fingerprint density at radius 2 is 1.96 bits per heavy atom. The molecule has 132 valence electrons. The number of nitrogens with one attached hydrogen (secondary N) is 2. The van der Waals surface area contributed by atoms with Crippen LogP contribution in [0.15, 0.2) is 40.8 Å². The van der Waals surface area contributed by atoms with E-state index in [9.17, 15) is 4.79 Å². The summed E-state index contributed by atoms with van der Waals surface area (Å²) in [4.78, 5) is 16.4.